The number of nitrogens with zero attached hydrogens (tertiary/aromatic N) is 1. The van der Waals surface area contributed by atoms with Gasteiger partial charge in [0, 0.05) is 22.4 Å². The number of fused-ring (bicyclic) bond motifs is 1. The van der Waals surface area contributed by atoms with E-state index in [1.165, 1.54) is 19.4 Å². The van der Waals surface area contributed by atoms with Crippen molar-refractivity contribution in [3.63, 3.8) is 0 Å². The number of nitrogens with one attached hydrogen (secondary N) is 2. The molecule has 1 aromatic heterocycles. The summed E-state index contributed by atoms with van der Waals surface area (Å²) in [5.74, 6) is 0.0708. The summed E-state index contributed by atoms with van der Waals surface area (Å²) in [5.41, 5.74) is 5.84. The number of ether oxygens (including phenoxy) is 3. The summed E-state index contributed by atoms with van der Waals surface area (Å²) in [5, 5.41) is 1.43. The third kappa shape index (κ3) is 3.69. The third-order valence-electron chi connectivity index (χ3n) is 3.97. The summed E-state index contributed by atoms with van der Waals surface area (Å²) >= 11 is 0. The summed E-state index contributed by atoms with van der Waals surface area (Å²) < 4.78 is 29.1. The molecule has 0 saturated carbocycles. The minimum Gasteiger partial charge on any atom is -0.497 e. The maximum atomic E-state index is 13.7. The number of methoxy groups -OCH3 is 3. The SMILES string of the molecule is COc1ccc2c(OC)ccc(C(=O)NNc3cnc(OC)c(F)c3)c2c1. The maximum absolute atomic E-state index is 13.7. The molecule has 0 saturated heterocycles. The molecule has 8 heteroatoms. The Labute approximate surface area is 155 Å². The van der Waals surface area contributed by atoms with Crippen LogP contribution in [0.5, 0.6) is 17.4 Å². The van der Waals surface area contributed by atoms with Gasteiger partial charge in [-0.2, -0.15) is 0 Å². The molecular weight excluding hydrogens is 353 g/mol. The largest absolute Gasteiger partial charge is 0.497 e. The zero-order chi connectivity index (χ0) is 19.4. The number of carbonyl (C=O) groups excluding carboxylic acids is 1. The maximum Gasteiger partial charge on any atom is 0.270 e. The highest BCUT2D eigenvalue weighted by molar-refractivity contribution is 6.09. The molecule has 1 amide bonds. The van der Waals surface area contributed by atoms with Crippen LogP contribution in [-0.4, -0.2) is 32.2 Å². The Morgan fingerprint density at radius 3 is 2.48 bits per heavy atom. The van der Waals surface area contributed by atoms with Crippen molar-refractivity contribution in [3.05, 3.63) is 54.0 Å². The number of hydrogen-bond donors (Lipinski definition) is 2. The molecule has 1 heterocycles. The fourth-order valence-electron chi connectivity index (χ4n) is 2.64. The number of benzene rings is 2. The van der Waals surface area contributed by atoms with Gasteiger partial charge in [-0.3, -0.25) is 15.6 Å². The molecule has 0 spiro atoms. The number of anilines is 1. The van der Waals surface area contributed by atoms with E-state index in [1.807, 2.05) is 6.07 Å². The number of halogens is 1. The molecule has 0 fully saturated rings. The highest BCUT2D eigenvalue weighted by Crippen LogP contribution is 2.31. The van der Waals surface area contributed by atoms with Crippen LogP contribution >= 0.6 is 0 Å². The summed E-state index contributed by atoms with van der Waals surface area (Å²) in [7, 11) is 4.43. The second-order valence-corrected chi connectivity index (χ2v) is 5.52. The number of rotatable bonds is 6. The van der Waals surface area contributed by atoms with E-state index in [-0.39, 0.29) is 11.6 Å². The van der Waals surface area contributed by atoms with E-state index >= 15 is 0 Å². The molecule has 3 rings (SSSR count). The molecule has 27 heavy (non-hydrogen) atoms. The summed E-state index contributed by atoms with van der Waals surface area (Å²) in [6, 6.07) is 9.88. The zero-order valence-electron chi connectivity index (χ0n) is 15.0. The van der Waals surface area contributed by atoms with E-state index in [2.05, 4.69) is 15.8 Å². The van der Waals surface area contributed by atoms with Crippen LogP contribution in [0.3, 0.4) is 0 Å². The predicted molar refractivity (Wildman–Crippen MR) is 98.9 cm³/mol. The Hall–Kier alpha value is -3.55. The second-order valence-electron chi connectivity index (χ2n) is 5.52. The molecule has 140 valence electrons. The topological polar surface area (TPSA) is 81.7 Å². The molecule has 3 aromatic rings. The van der Waals surface area contributed by atoms with E-state index in [0.717, 1.165) is 5.39 Å². The predicted octanol–water partition coefficient (Wildman–Crippen LogP) is 3.16. The first-order valence-electron chi connectivity index (χ1n) is 7.98. The van der Waals surface area contributed by atoms with Crippen molar-refractivity contribution >= 4 is 22.4 Å². The monoisotopic (exact) mass is 371 g/mol. The Morgan fingerprint density at radius 2 is 1.81 bits per heavy atom. The summed E-state index contributed by atoms with van der Waals surface area (Å²) in [6.45, 7) is 0. The number of pyridine rings is 1. The van der Waals surface area contributed by atoms with Gasteiger partial charge < -0.3 is 14.2 Å². The van der Waals surface area contributed by atoms with Crippen molar-refractivity contribution in [3.8, 4) is 17.4 Å². The first kappa shape index (κ1) is 18.2. The van der Waals surface area contributed by atoms with Gasteiger partial charge in [-0.15, -0.1) is 0 Å². The van der Waals surface area contributed by atoms with Crippen molar-refractivity contribution in [2.24, 2.45) is 0 Å². The highest BCUT2D eigenvalue weighted by atomic mass is 19.1. The minimum atomic E-state index is -0.642. The van der Waals surface area contributed by atoms with Crippen molar-refractivity contribution in [1.29, 1.82) is 0 Å². The molecule has 0 unspecified atom stereocenters. The average molecular weight is 371 g/mol. The van der Waals surface area contributed by atoms with Gasteiger partial charge in [0.25, 0.3) is 5.91 Å². The van der Waals surface area contributed by atoms with Crippen molar-refractivity contribution in [1.82, 2.24) is 10.4 Å². The van der Waals surface area contributed by atoms with E-state index < -0.39 is 11.7 Å². The lowest BCUT2D eigenvalue weighted by Crippen LogP contribution is -2.29. The van der Waals surface area contributed by atoms with E-state index in [0.29, 0.717) is 22.4 Å². The zero-order valence-corrected chi connectivity index (χ0v) is 15.0. The molecule has 0 aliphatic carbocycles. The Morgan fingerprint density at radius 1 is 1.00 bits per heavy atom. The standard InChI is InChI=1S/C19H18FN3O4/c1-25-12-4-5-13-15(9-12)14(6-7-17(13)26-2)18(24)23-22-11-8-16(20)19(27-3)21-10-11/h4-10,22H,1-3H3,(H,23,24). The van der Waals surface area contributed by atoms with Gasteiger partial charge in [0.1, 0.15) is 11.5 Å². The summed E-state index contributed by atoms with van der Waals surface area (Å²) in [6.07, 6.45) is 1.34. The van der Waals surface area contributed by atoms with Crippen LogP contribution in [0.2, 0.25) is 0 Å². The molecular formula is C19H18FN3O4. The van der Waals surface area contributed by atoms with Gasteiger partial charge in [0.05, 0.1) is 33.2 Å². The Balaban J connectivity index is 1.88. The van der Waals surface area contributed by atoms with Crippen LogP contribution in [0, 0.1) is 5.82 Å². The first-order chi connectivity index (χ1) is 13.1. The Kier molecular flexibility index (Phi) is 5.25. The van der Waals surface area contributed by atoms with Crippen LogP contribution in [0.1, 0.15) is 10.4 Å². The molecule has 2 N–H and O–H groups in total. The van der Waals surface area contributed by atoms with Gasteiger partial charge >= 0.3 is 0 Å². The lowest BCUT2D eigenvalue weighted by atomic mass is 10.0. The average Bonchev–Trinajstić information content (AvgIpc) is 2.70. The van der Waals surface area contributed by atoms with Crippen molar-refractivity contribution < 1.29 is 23.4 Å². The number of amides is 1. The number of hydrazine groups is 1. The molecule has 0 aliphatic heterocycles. The van der Waals surface area contributed by atoms with Gasteiger partial charge in [0.15, 0.2) is 5.82 Å². The van der Waals surface area contributed by atoms with Crippen LogP contribution in [-0.2, 0) is 0 Å². The summed E-state index contributed by atoms with van der Waals surface area (Å²) in [4.78, 5) is 16.4. The Bertz CT molecular complexity index is 994. The van der Waals surface area contributed by atoms with Gasteiger partial charge in [0.2, 0.25) is 5.88 Å². The fraction of sp³-hybridized carbons (Fsp3) is 0.158. The van der Waals surface area contributed by atoms with E-state index in [9.17, 15) is 9.18 Å². The van der Waals surface area contributed by atoms with Crippen molar-refractivity contribution in [2.75, 3.05) is 26.8 Å². The smallest absolute Gasteiger partial charge is 0.270 e. The quantitative estimate of drug-likeness (QED) is 0.648. The van der Waals surface area contributed by atoms with Crippen LogP contribution in [0.4, 0.5) is 10.1 Å². The lowest BCUT2D eigenvalue weighted by molar-refractivity contribution is 0.0964. The number of carbonyl (C=O) groups is 1. The third-order valence-corrected chi connectivity index (χ3v) is 3.97. The highest BCUT2D eigenvalue weighted by Gasteiger charge is 2.14. The molecule has 2 aromatic carbocycles. The normalized spacial score (nSPS) is 10.4. The van der Waals surface area contributed by atoms with Crippen LogP contribution in [0.25, 0.3) is 10.8 Å². The van der Waals surface area contributed by atoms with Gasteiger partial charge in [-0.25, -0.2) is 9.37 Å². The fourth-order valence-corrected chi connectivity index (χ4v) is 2.64. The number of aromatic nitrogens is 1. The van der Waals surface area contributed by atoms with Crippen LogP contribution < -0.4 is 25.1 Å². The molecule has 0 aliphatic rings. The van der Waals surface area contributed by atoms with E-state index in [1.54, 1.807) is 38.5 Å². The first-order valence-corrected chi connectivity index (χ1v) is 7.98. The van der Waals surface area contributed by atoms with Crippen molar-refractivity contribution in [2.45, 2.75) is 0 Å². The van der Waals surface area contributed by atoms with Gasteiger partial charge in [-0.05, 0) is 30.3 Å². The number of hydrogen-bond acceptors (Lipinski definition) is 6. The second kappa shape index (κ2) is 7.77. The molecule has 0 radical (unpaired) electrons. The van der Waals surface area contributed by atoms with Crippen LogP contribution in [0.15, 0.2) is 42.6 Å². The minimum absolute atomic E-state index is 0.125. The molecule has 7 nitrogen and oxygen atoms in total. The van der Waals surface area contributed by atoms with Gasteiger partial charge in [-0.1, -0.05) is 0 Å². The molecule has 0 bridgehead atoms. The van der Waals surface area contributed by atoms with E-state index in [4.69, 9.17) is 14.2 Å². The molecule has 0 atom stereocenters. The lowest BCUT2D eigenvalue weighted by Gasteiger charge is -2.13.